The fourth-order valence-electron chi connectivity index (χ4n) is 1.42. The van der Waals surface area contributed by atoms with Crippen molar-refractivity contribution in [3.05, 3.63) is 24.3 Å². The second kappa shape index (κ2) is 6.10. The molecule has 94 valence electrons. The summed E-state index contributed by atoms with van der Waals surface area (Å²) in [6.45, 7) is 2.31. The maximum absolute atomic E-state index is 10.9. The molecule has 17 heavy (non-hydrogen) atoms. The number of nitrogens with zero attached hydrogens (tertiary/aromatic N) is 1. The summed E-state index contributed by atoms with van der Waals surface area (Å²) >= 11 is 0. The van der Waals surface area contributed by atoms with E-state index in [1.807, 2.05) is 6.92 Å². The summed E-state index contributed by atoms with van der Waals surface area (Å²) in [6.07, 6.45) is -1.16. The Labute approximate surface area is 101 Å². The van der Waals surface area contributed by atoms with E-state index in [-0.39, 0.29) is 6.10 Å². The molecule has 0 saturated heterocycles. The normalized spacial score (nSPS) is 11.9. The lowest BCUT2D eigenvalue weighted by Gasteiger charge is -2.20. The van der Waals surface area contributed by atoms with E-state index in [1.165, 1.54) is 7.05 Å². The number of carbonyl (C=O) groups is 1. The van der Waals surface area contributed by atoms with Gasteiger partial charge in [-0.3, -0.25) is 4.90 Å². The third-order valence-electron chi connectivity index (χ3n) is 2.24. The average molecular weight is 239 g/mol. The predicted molar refractivity (Wildman–Crippen MR) is 64.8 cm³/mol. The number of hydrogen-bond donors (Lipinski definition) is 1. The predicted octanol–water partition coefficient (Wildman–Crippen LogP) is 2.21. The van der Waals surface area contributed by atoms with E-state index in [0.717, 1.165) is 4.90 Å². The summed E-state index contributed by atoms with van der Waals surface area (Å²) in [6, 6.07) is 7.00. The molecule has 0 aliphatic heterocycles. The smallest absolute Gasteiger partial charge is 0.411 e. The van der Waals surface area contributed by atoms with Crippen molar-refractivity contribution in [1.82, 2.24) is 0 Å². The first kappa shape index (κ1) is 13.3. The number of amides is 1. The van der Waals surface area contributed by atoms with Gasteiger partial charge in [0.15, 0.2) is 0 Å². The molecule has 0 heterocycles. The third-order valence-corrected chi connectivity index (χ3v) is 2.24. The molecule has 0 fully saturated rings. The first-order valence-electron chi connectivity index (χ1n) is 5.27. The second-order valence-electron chi connectivity index (χ2n) is 3.69. The lowest BCUT2D eigenvalue weighted by atomic mass is 10.2. The second-order valence-corrected chi connectivity index (χ2v) is 3.69. The molecule has 5 nitrogen and oxygen atoms in total. The maximum atomic E-state index is 10.9. The summed E-state index contributed by atoms with van der Waals surface area (Å²) < 4.78 is 10.6. The van der Waals surface area contributed by atoms with Crippen LogP contribution < -0.4 is 9.64 Å². The van der Waals surface area contributed by atoms with Gasteiger partial charge >= 0.3 is 6.09 Å². The van der Waals surface area contributed by atoms with Crippen LogP contribution in [0.25, 0.3) is 0 Å². The Morgan fingerprint density at radius 1 is 1.47 bits per heavy atom. The number of benzene rings is 1. The number of ether oxygens (including phenoxy) is 2. The van der Waals surface area contributed by atoms with Crippen molar-refractivity contribution in [1.29, 1.82) is 0 Å². The SMILES string of the molecule is COCC(C)Oc1ccccc1N(C)C(=O)O. The van der Waals surface area contributed by atoms with Gasteiger partial charge in [0.1, 0.15) is 11.9 Å². The molecule has 1 rings (SSSR count). The van der Waals surface area contributed by atoms with Gasteiger partial charge in [-0.05, 0) is 19.1 Å². The van der Waals surface area contributed by atoms with Gasteiger partial charge < -0.3 is 14.6 Å². The minimum Gasteiger partial charge on any atom is -0.486 e. The number of methoxy groups -OCH3 is 1. The van der Waals surface area contributed by atoms with Gasteiger partial charge in [0.25, 0.3) is 0 Å². The Kier molecular flexibility index (Phi) is 4.78. The Bertz CT molecular complexity index is 381. The fourth-order valence-corrected chi connectivity index (χ4v) is 1.42. The molecule has 1 atom stereocenters. The van der Waals surface area contributed by atoms with Crippen LogP contribution in [0.2, 0.25) is 0 Å². The Morgan fingerprint density at radius 2 is 2.12 bits per heavy atom. The van der Waals surface area contributed by atoms with Crippen LogP contribution in [0.5, 0.6) is 5.75 Å². The molecule has 1 N–H and O–H groups in total. The highest BCUT2D eigenvalue weighted by Gasteiger charge is 2.15. The molecule has 1 unspecified atom stereocenters. The van der Waals surface area contributed by atoms with Crippen LogP contribution in [0.1, 0.15) is 6.92 Å². The zero-order chi connectivity index (χ0) is 12.8. The molecule has 0 aromatic heterocycles. The lowest BCUT2D eigenvalue weighted by Crippen LogP contribution is -2.26. The van der Waals surface area contributed by atoms with Crippen LogP contribution >= 0.6 is 0 Å². The van der Waals surface area contributed by atoms with E-state index in [0.29, 0.717) is 18.0 Å². The van der Waals surface area contributed by atoms with Gasteiger partial charge in [-0.2, -0.15) is 0 Å². The van der Waals surface area contributed by atoms with E-state index < -0.39 is 6.09 Å². The summed E-state index contributed by atoms with van der Waals surface area (Å²) in [4.78, 5) is 12.0. The first-order valence-corrected chi connectivity index (χ1v) is 5.27. The van der Waals surface area contributed by atoms with Crippen molar-refractivity contribution < 1.29 is 19.4 Å². The molecule has 0 radical (unpaired) electrons. The van der Waals surface area contributed by atoms with Crippen molar-refractivity contribution in [2.75, 3.05) is 25.7 Å². The zero-order valence-electron chi connectivity index (χ0n) is 10.2. The standard InChI is InChI=1S/C12H17NO4/c1-9(8-16-3)17-11-7-5-4-6-10(11)13(2)12(14)15/h4-7,9H,8H2,1-3H3,(H,14,15). The van der Waals surface area contributed by atoms with Crippen LogP contribution in [0, 0.1) is 0 Å². The summed E-state index contributed by atoms with van der Waals surface area (Å²) in [5.41, 5.74) is 0.517. The van der Waals surface area contributed by atoms with E-state index in [1.54, 1.807) is 31.4 Å². The highest BCUT2D eigenvalue weighted by atomic mass is 16.5. The fraction of sp³-hybridized carbons (Fsp3) is 0.417. The molecule has 0 saturated carbocycles. The van der Waals surface area contributed by atoms with Crippen molar-refractivity contribution in [2.24, 2.45) is 0 Å². The third kappa shape index (κ3) is 3.64. The molecule has 1 aromatic rings. The summed E-state index contributed by atoms with van der Waals surface area (Å²) in [5.74, 6) is 0.530. The van der Waals surface area contributed by atoms with E-state index in [4.69, 9.17) is 14.6 Å². The molecule has 5 heteroatoms. The summed E-state index contributed by atoms with van der Waals surface area (Å²) in [5, 5.41) is 8.94. The molecule has 1 aromatic carbocycles. The van der Waals surface area contributed by atoms with Crippen LogP contribution in [-0.4, -0.2) is 38.1 Å². The maximum Gasteiger partial charge on any atom is 0.411 e. The van der Waals surface area contributed by atoms with E-state index >= 15 is 0 Å². The monoisotopic (exact) mass is 239 g/mol. The Morgan fingerprint density at radius 3 is 2.71 bits per heavy atom. The van der Waals surface area contributed by atoms with E-state index in [2.05, 4.69) is 0 Å². The number of rotatable bonds is 5. The van der Waals surface area contributed by atoms with Gasteiger partial charge in [-0.1, -0.05) is 12.1 Å². The molecular formula is C12H17NO4. The van der Waals surface area contributed by atoms with Gasteiger partial charge in [0, 0.05) is 14.2 Å². The lowest BCUT2D eigenvalue weighted by molar-refractivity contribution is 0.0923. The number of anilines is 1. The zero-order valence-corrected chi connectivity index (χ0v) is 10.2. The number of carboxylic acid groups (broad SMARTS) is 1. The average Bonchev–Trinajstić information content (AvgIpc) is 2.29. The first-order chi connectivity index (χ1) is 8.06. The van der Waals surface area contributed by atoms with Crippen LogP contribution in [0.15, 0.2) is 24.3 Å². The van der Waals surface area contributed by atoms with Gasteiger partial charge in [-0.15, -0.1) is 0 Å². The van der Waals surface area contributed by atoms with Gasteiger partial charge in [-0.25, -0.2) is 4.79 Å². The van der Waals surface area contributed by atoms with Crippen LogP contribution in [0.4, 0.5) is 10.5 Å². The van der Waals surface area contributed by atoms with Crippen LogP contribution in [-0.2, 0) is 4.74 Å². The van der Waals surface area contributed by atoms with Crippen molar-refractivity contribution in [2.45, 2.75) is 13.0 Å². The Hall–Kier alpha value is -1.75. The van der Waals surface area contributed by atoms with Gasteiger partial charge in [0.05, 0.1) is 12.3 Å². The van der Waals surface area contributed by atoms with Gasteiger partial charge in [0.2, 0.25) is 0 Å². The van der Waals surface area contributed by atoms with Crippen molar-refractivity contribution >= 4 is 11.8 Å². The van der Waals surface area contributed by atoms with Crippen molar-refractivity contribution in [3.63, 3.8) is 0 Å². The highest BCUT2D eigenvalue weighted by Crippen LogP contribution is 2.28. The highest BCUT2D eigenvalue weighted by molar-refractivity contribution is 5.87. The number of hydrogen-bond acceptors (Lipinski definition) is 3. The number of para-hydroxylation sites is 2. The molecule has 1 amide bonds. The minimum absolute atomic E-state index is 0.136. The topological polar surface area (TPSA) is 59.0 Å². The molecule has 0 bridgehead atoms. The molecular weight excluding hydrogens is 222 g/mol. The largest absolute Gasteiger partial charge is 0.486 e. The Balaban J connectivity index is 2.88. The van der Waals surface area contributed by atoms with E-state index in [9.17, 15) is 4.79 Å². The van der Waals surface area contributed by atoms with Crippen molar-refractivity contribution in [3.8, 4) is 5.75 Å². The quantitative estimate of drug-likeness (QED) is 0.855. The minimum atomic E-state index is -1.03. The molecule has 0 aliphatic rings. The summed E-state index contributed by atoms with van der Waals surface area (Å²) in [7, 11) is 3.07. The van der Waals surface area contributed by atoms with Crippen LogP contribution in [0.3, 0.4) is 0 Å². The molecule has 0 spiro atoms. The molecule has 0 aliphatic carbocycles.